The fourth-order valence-corrected chi connectivity index (χ4v) is 5.30. The third-order valence-electron chi connectivity index (χ3n) is 3.28. The molecule has 0 aromatic heterocycles. The van der Waals surface area contributed by atoms with Crippen LogP contribution in [0.5, 0.6) is 0 Å². The van der Waals surface area contributed by atoms with Crippen LogP contribution in [-0.2, 0) is 41.8 Å². The van der Waals surface area contributed by atoms with Gasteiger partial charge in [-0.1, -0.05) is 27.7 Å². The van der Waals surface area contributed by atoms with Crippen LogP contribution in [0.4, 0.5) is 5.69 Å². The summed E-state index contributed by atoms with van der Waals surface area (Å²) in [6.07, 6.45) is 3.99. The average Bonchev–Trinajstić information content (AvgIpc) is 2.49. The van der Waals surface area contributed by atoms with Gasteiger partial charge in [0.05, 0.1) is 25.7 Å². The molecule has 0 heterocycles. The van der Waals surface area contributed by atoms with Gasteiger partial charge in [0.25, 0.3) is 20.2 Å². The highest BCUT2D eigenvalue weighted by Gasteiger charge is 2.21. The predicted molar refractivity (Wildman–Crippen MR) is 114 cm³/mol. The van der Waals surface area contributed by atoms with E-state index in [-0.39, 0.29) is 18.0 Å². The molecule has 0 saturated heterocycles. The third-order valence-corrected chi connectivity index (χ3v) is 6.98. The van der Waals surface area contributed by atoms with Gasteiger partial charge in [-0.25, -0.2) is 0 Å². The van der Waals surface area contributed by atoms with Gasteiger partial charge in [0, 0.05) is 24.0 Å². The van der Waals surface area contributed by atoms with Crippen molar-refractivity contribution in [2.24, 2.45) is 0 Å². The molecule has 0 radical (unpaired) electrons. The number of hydrogen-bond acceptors (Lipinski definition) is 9. The maximum Gasteiger partial charge on any atom is 0.264 e. The molecule has 0 N–H and O–H groups in total. The minimum atomic E-state index is -3.59. The molecule has 0 bridgehead atoms. The Morgan fingerprint density at radius 1 is 0.963 bits per heavy atom. The second-order valence-electron chi connectivity index (χ2n) is 6.81. The van der Waals surface area contributed by atoms with Crippen LogP contribution in [0.15, 0.2) is 18.2 Å². The van der Waals surface area contributed by atoms with Gasteiger partial charge in [-0.2, -0.15) is 16.8 Å². The summed E-state index contributed by atoms with van der Waals surface area (Å²) in [5, 5.41) is 0. The lowest BCUT2D eigenvalue weighted by Crippen LogP contribution is -2.33. The van der Waals surface area contributed by atoms with Crippen molar-refractivity contribution in [1.29, 1.82) is 0 Å². The first-order valence-electron chi connectivity index (χ1n) is 7.95. The van der Waals surface area contributed by atoms with Gasteiger partial charge in [0.2, 0.25) is 0 Å². The van der Waals surface area contributed by atoms with Crippen molar-refractivity contribution in [2.75, 3.05) is 37.3 Å². The van der Waals surface area contributed by atoms with Crippen LogP contribution in [0.3, 0.4) is 0 Å². The van der Waals surface area contributed by atoms with Crippen LogP contribution in [-0.4, -0.2) is 53.9 Å². The Hall–Kier alpha value is -0.460. The van der Waals surface area contributed by atoms with E-state index in [1.54, 1.807) is 27.7 Å². The molecule has 0 saturated carbocycles. The SMILES string of the molecule is CSSC(C)(C)CN(C)c1cc(COS(C)(=O)=O)cc(COS(C)(=O)=O)c1. The first kappa shape index (κ1) is 24.6. The lowest BCUT2D eigenvalue weighted by Gasteiger charge is -2.31. The van der Waals surface area contributed by atoms with Crippen molar-refractivity contribution in [3.8, 4) is 0 Å². The van der Waals surface area contributed by atoms with E-state index in [2.05, 4.69) is 13.8 Å². The summed E-state index contributed by atoms with van der Waals surface area (Å²) in [5.74, 6) is 0. The highest BCUT2D eigenvalue weighted by molar-refractivity contribution is 8.77. The van der Waals surface area contributed by atoms with Crippen molar-refractivity contribution in [3.05, 3.63) is 29.3 Å². The Balaban J connectivity index is 3.12. The minimum Gasteiger partial charge on any atom is -0.373 e. The monoisotopic (exact) mass is 457 g/mol. The van der Waals surface area contributed by atoms with Gasteiger partial charge in [-0.3, -0.25) is 8.37 Å². The fraction of sp³-hybridized carbons (Fsp3) is 0.625. The van der Waals surface area contributed by atoms with Crippen LogP contribution in [0, 0.1) is 0 Å². The molecule has 1 aromatic rings. The van der Waals surface area contributed by atoms with Crippen LogP contribution in [0.2, 0.25) is 0 Å². The second kappa shape index (κ2) is 9.84. The molecule has 0 unspecified atom stereocenters. The summed E-state index contributed by atoms with van der Waals surface area (Å²) in [5.41, 5.74) is 2.06. The van der Waals surface area contributed by atoms with Gasteiger partial charge in [0.15, 0.2) is 0 Å². The lowest BCUT2D eigenvalue weighted by atomic mass is 10.1. The number of nitrogens with zero attached hydrogens (tertiary/aromatic N) is 1. The average molecular weight is 458 g/mol. The van der Waals surface area contributed by atoms with E-state index in [1.807, 2.05) is 30.3 Å². The van der Waals surface area contributed by atoms with E-state index in [9.17, 15) is 16.8 Å². The zero-order valence-corrected chi connectivity index (χ0v) is 19.6. The van der Waals surface area contributed by atoms with Crippen LogP contribution in [0.1, 0.15) is 25.0 Å². The minimum absolute atomic E-state index is 0.0170. The molecule has 0 spiro atoms. The number of hydrogen-bond donors (Lipinski definition) is 0. The quantitative estimate of drug-likeness (QED) is 0.367. The van der Waals surface area contributed by atoms with Gasteiger partial charge in [-0.05, 0) is 43.4 Å². The van der Waals surface area contributed by atoms with Gasteiger partial charge < -0.3 is 4.90 Å². The smallest absolute Gasteiger partial charge is 0.264 e. The summed E-state index contributed by atoms with van der Waals surface area (Å²) in [6, 6.07) is 5.33. The van der Waals surface area contributed by atoms with Crippen molar-refractivity contribution in [3.63, 3.8) is 0 Å². The van der Waals surface area contributed by atoms with E-state index in [1.165, 1.54) is 0 Å². The summed E-state index contributed by atoms with van der Waals surface area (Å²) in [4.78, 5) is 2.04. The number of anilines is 1. The van der Waals surface area contributed by atoms with Crippen LogP contribution < -0.4 is 4.90 Å². The van der Waals surface area contributed by atoms with Crippen molar-refractivity contribution in [1.82, 2.24) is 0 Å². The molecular formula is C16H27NO6S4. The highest BCUT2D eigenvalue weighted by Crippen LogP contribution is 2.35. The number of benzene rings is 1. The molecular weight excluding hydrogens is 430 g/mol. The predicted octanol–water partition coefficient (Wildman–Crippen LogP) is 2.87. The summed E-state index contributed by atoms with van der Waals surface area (Å²) in [6.45, 7) is 4.75. The van der Waals surface area contributed by atoms with E-state index in [4.69, 9.17) is 8.37 Å². The first-order chi connectivity index (χ1) is 12.2. The zero-order chi connectivity index (χ0) is 20.9. The molecule has 156 valence electrons. The van der Waals surface area contributed by atoms with Gasteiger partial charge >= 0.3 is 0 Å². The Morgan fingerprint density at radius 3 is 1.78 bits per heavy atom. The second-order valence-corrected chi connectivity index (χ2v) is 13.2. The fourth-order valence-electron chi connectivity index (χ4n) is 2.39. The van der Waals surface area contributed by atoms with Gasteiger partial charge in [-0.15, -0.1) is 0 Å². The van der Waals surface area contributed by atoms with Crippen molar-refractivity contribution >= 4 is 47.5 Å². The standard InChI is InChI=1S/C16H27NO6S4/c1-16(2,25-24-4)12-17(3)15-8-13(10-22-26(5,18)19)7-14(9-15)11-23-27(6,20)21/h7-9H,10-12H2,1-6H3. The van der Waals surface area contributed by atoms with E-state index >= 15 is 0 Å². The molecule has 7 nitrogen and oxygen atoms in total. The summed E-state index contributed by atoms with van der Waals surface area (Å²) in [7, 11) is -1.79. The number of rotatable bonds is 11. The Morgan fingerprint density at radius 2 is 1.41 bits per heavy atom. The molecule has 0 aliphatic carbocycles. The maximum atomic E-state index is 11.3. The molecule has 1 aromatic carbocycles. The Labute approximate surface area is 170 Å². The molecule has 0 aliphatic heterocycles. The normalized spacial score (nSPS) is 13.0. The first-order valence-corrected chi connectivity index (χ1v) is 14.1. The Kier molecular flexibility index (Phi) is 8.96. The van der Waals surface area contributed by atoms with E-state index < -0.39 is 20.2 Å². The molecule has 0 fully saturated rings. The van der Waals surface area contributed by atoms with Gasteiger partial charge in [0.1, 0.15) is 0 Å². The molecule has 27 heavy (non-hydrogen) atoms. The van der Waals surface area contributed by atoms with Crippen molar-refractivity contribution < 1.29 is 25.2 Å². The van der Waals surface area contributed by atoms with E-state index in [0.29, 0.717) is 11.1 Å². The maximum absolute atomic E-state index is 11.3. The third kappa shape index (κ3) is 10.6. The lowest BCUT2D eigenvalue weighted by molar-refractivity contribution is 0.306. The van der Waals surface area contributed by atoms with Crippen LogP contribution >= 0.6 is 21.6 Å². The topological polar surface area (TPSA) is 90.0 Å². The van der Waals surface area contributed by atoms with Crippen molar-refractivity contribution in [2.45, 2.75) is 31.8 Å². The molecule has 1 rings (SSSR count). The molecule has 0 atom stereocenters. The van der Waals surface area contributed by atoms with E-state index in [0.717, 1.165) is 24.7 Å². The van der Waals surface area contributed by atoms with Crippen LogP contribution in [0.25, 0.3) is 0 Å². The molecule has 0 aliphatic rings. The largest absolute Gasteiger partial charge is 0.373 e. The summed E-state index contributed by atoms with van der Waals surface area (Å²) >= 11 is 0. The molecule has 0 amide bonds. The highest BCUT2D eigenvalue weighted by atomic mass is 33.1. The summed E-state index contributed by atoms with van der Waals surface area (Å²) < 4.78 is 54.9. The Bertz CT molecular complexity index is 782. The molecule has 11 heteroatoms. The zero-order valence-electron chi connectivity index (χ0n) is 16.4.